The molecule has 1 aromatic carbocycles. The van der Waals surface area contributed by atoms with Gasteiger partial charge in [0.05, 0.1) is 25.0 Å². The van der Waals surface area contributed by atoms with E-state index in [1.807, 2.05) is 46.0 Å². The van der Waals surface area contributed by atoms with Crippen LogP contribution in [0.3, 0.4) is 0 Å². The van der Waals surface area contributed by atoms with E-state index in [1.165, 1.54) is 0 Å². The summed E-state index contributed by atoms with van der Waals surface area (Å²) in [5, 5.41) is 0. The first-order valence-corrected chi connectivity index (χ1v) is 6.39. The number of nitrogen functional groups attached to an aromatic ring is 1. The summed E-state index contributed by atoms with van der Waals surface area (Å²) in [5.41, 5.74) is 7.60. The molecule has 0 aliphatic carbocycles. The lowest BCUT2D eigenvalue weighted by molar-refractivity contribution is 0.0846. The maximum atomic E-state index is 5.85. The van der Waals surface area contributed by atoms with E-state index >= 15 is 0 Å². The Bertz CT molecular complexity index is 367. The molecule has 102 valence electrons. The Balaban J connectivity index is 2.62. The monoisotopic (exact) mass is 252 g/mol. The Morgan fingerprint density at radius 2 is 2.06 bits per heavy atom. The second-order valence-corrected chi connectivity index (χ2v) is 4.50. The Labute approximate surface area is 110 Å². The molecule has 1 rings (SSSR count). The highest BCUT2D eigenvalue weighted by molar-refractivity contribution is 5.62. The number of ether oxygens (including phenoxy) is 2. The van der Waals surface area contributed by atoms with E-state index in [9.17, 15) is 0 Å². The zero-order valence-corrected chi connectivity index (χ0v) is 11.8. The highest BCUT2D eigenvalue weighted by Crippen LogP contribution is 2.27. The molecule has 0 amide bonds. The molecule has 0 radical (unpaired) electrons. The number of anilines is 2. The summed E-state index contributed by atoms with van der Waals surface area (Å²) in [6.07, 6.45) is 0.267. The molecular weight excluding hydrogens is 228 g/mol. The molecule has 0 aromatic heterocycles. The molecule has 18 heavy (non-hydrogen) atoms. The van der Waals surface area contributed by atoms with Crippen molar-refractivity contribution in [1.82, 2.24) is 0 Å². The molecule has 0 aliphatic heterocycles. The van der Waals surface area contributed by atoms with Crippen molar-refractivity contribution >= 4 is 11.4 Å². The van der Waals surface area contributed by atoms with Gasteiger partial charge in [-0.15, -0.1) is 0 Å². The minimum absolute atomic E-state index is 0.267. The maximum Gasteiger partial charge on any atom is 0.144 e. The summed E-state index contributed by atoms with van der Waals surface area (Å²) in [6.45, 7) is 8.20. The third-order valence-corrected chi connectivity index (χ3v) is 2.62. The van der Waals surface area contributed by atoms with Gasteiger partial charge in [-0.05, 0) is 32.9 Å². The molecule has 0 aliphatic rings. The highest BCUT2D eigenvalue weighted by Gasteiger charge is 2.06. The van der Waals surface area contributed by atoms with Crippen molar-refractivity contribution in [2.45, 2.75) is 26.9 Å². The number of nitrogens with two attached hydrogens (primary N) is 1. The molecule has 0 heterocycles. The molecular formula is C14H24N2O2. The topological polar surface area (TPSA) is 47.7 Å². The van der Waals surface area contributed by atoms with Crippen molar-refractivity contribution in [3.8, 4) is 5.75 Å². The van der Waals surface area contributed by atoms with Crippen LogP contribution in [0.25, 0.3) is 0 Å². The van der Waals surface area contributed by atoms with E-state index in [-0.39, 0.29) is 6.10 Å². The quantitative estimate of drug-likeness (QED) is 0.758. The van der Waals surface area contributed by atoms with Gasteiger partial charge in [-0.25, -0.2) is 0 Å². The molecule has 4 nitrogen and oxygen atoms in total. The summed E-state index contributed by atoms with van der Waals surface area (Å²) in [7, 11) is 2.03. The van der Waals surface area contributed by atoms with E-state index in [2.05, 4.69) is 4.90 Å². The van der Waals surface area contributed by atoms with Gasteiger partial charge in [0.2, 0.25) is 0 Å². The standard InChI is InChI=1S/C14H24N2O2/c1-5-17-14-10-12(6-7-13(14)15)16(4)8-9-18-11(2)3/h6-7,10-11H,5,8-9,15H2,1-4H3. The fraction of sp³-hybridized carbons (Fsp3) is 0.571. The number of rotatable bonds is 7. The van der Waals surface area contributed by atoms with Crippen molar-refractivity contribution < 1.29 is 9.47 Å². The van der Waals surface area contributed by atoms with Gasteiger partial charge in [0.25, 0.3) is 0 Å². The van der Waals surface area contributed by atoms with Crippen molar-refractivity contribution in [2.24, 2.45) is 0 Å². The Hall–Kier alpha value is -1.42. The van der Waals surface area contributed by atoms with Crippen LogP contribution in [0.4, 0.5) is 11.4 Å². The molecule has 0 atom stereocenters. The van der Waals surface area contributed by atoms with Crippen LogP contribution in [0.2, 0.25) is 0 Å². The predicted octanol–water partition coefficient (Wildman–Crippen LogP) is 2.53. The van der Waals surface area contributed by atoms with Crippen LogP contribution in [0.15, 0.2) is 18.2 Å². The number of hydrogen-bond acceptors (Lipinski definition) is 4. The minimum atomic E-state index is 0.267. The third kappa shape index (κ3) is 4.45. The van der Waals surface area contributed by atoms with Crippen LogP contribution >= 0.6 is 0 Å². The lowest BCUT2D eigenvalue weighted by Crippen LogP contribution is -2.23. The van der Waals surface area contributed by atoms with Crippen molar-refractivity contribution in [3.63, 3.8) is 0 Å². The SMILES string of the molecule is CCOc1cc(N(C)CCOC(C)C)ccc1N. The number of hydrogen-bond donors (Lipinski definition) is 1. The summed E-state index contributed by atoms with van der Waals surface area (Å²) < 4.78 is 11.0. The van der Waals surface area contributed by atoms with Crippen LogP contribution in [-0.4, -0.2) is 32.9 Å². The molecule has 0 fully saturated rings. The molecule has 1 aromatic rings. The first kappa shape index (κ1) is 14.6. The lowest BCUT2D eigenvalue weighted by atomic mass is 10.2. The number of likely N-dealkylation sites (N-methyl/N-ethyl adjacent to an activating group) is 1. The molecule has 0 saturated heterocycles. The van der Waals surface area contributed by atoms with Gasteiger partial charge in [0, 0.05) is 25.3 Å². The fourth-order valence-electron chi connectivity index (χ4n) is 1.60. The zero-order chi connectivity index (χ0) is 13.5. The normalized spacial score (nSPS) is 10.7. The van der Waals surface area contributed by atoms with E-state index in [0.717, 1.165) is 18.0 Å². The summed E-state index contributed by atoms with van der Waals surface area (Å²) in [6, 6.07) is 5.83. The van der Waals surface area contributed by atoms with Crippen molar-refractivity contribution in [1.29, 1.82) is 0 Å². The van der Waals surface area contributed by atoms with Crippen LogP contribution in [0.5, 0.6) is 5.75 Å². The Kier molecular flexibility index (Phi) is 5.78. The van der Waals surface area contributed by atoms with Crippen LogP contribution < -0.4 is 15.4 Å². The average molecular weight is 252 g/mol. The van der Waals surface area contributed by atoms with Gasteiger partial charge in [-0.1, -0.05) is 0 Å². The molecule has 0 spiro atoms. The second-order valence-electron chi connectivity index (χ2n) is 4.50. The van der Waals surface area contributed by atoms with Gasteiger partial charge >= 0.3 is 0 Å². The Morgan fingerprint density at radius 1 is 1.33 bits per heavy atom. The molecule has 2 N–H and O–H groups in total. The van der Waals surface area contributed by atoms with Crippen LogP contribution in [-0.2, 0) is 4.74 Å². The van der Waals surface area contributed by atoms with Gasteiger partial charge in [-0.3, -0.25) is 0 Å². The third-order valence-electron chi connectivity index (χ3n) is 2.62. The molecule has 4 heteroatoms. The number of benzene rings is 1. The first-order valence-electron chi connectivity index (χ1n) is 6.39. The smallest absolute Gasteiger partial charge is 0.144 e. The fourth-order valence-corrected chi connectivity index (χ4v) is 1.60. The van der Waals surface area contributed by atoms with Gasteiger partial charge < -0.3 is 20.1 Å². The summed E-state index contributed by atoms with van der Waals surface area (Å²) >= 11 is 0. The van der Waals surface area contributed by atoms with Crippen molar-refractivity contribution in [2.75, 3.05) is 37.4 Å². The largest absolute Gasteiger partial charge is 0.492 e. The van der Waals surface area contributed by atoms with E-state index < -0.39 is 0 Å². The van der Waals surface area contributed by atoms with Gasteiger partial charge in [-0.2, -0.15) is 0 Å². The molecule has 0 saturated carbocycles. The number of nitrogens with zero attached hydrogens (tertiary/aromatic N) is 1. The van der Waals surface area contributed by atoms with E-state index in [0.29, 0.717) is 18.9 Å². The van der Waals surface area contributed by atoms with Crippen LogP contribution in [0, 0.1) is 0 Å². The highest BCUT2D eigenvalue weighted by atomic mass is 16.5. The van der Waals surface area contributed by atoms with Crippen LogP contribution in [0.1, 0.15) is 20.8 Å². The van der Waals surface area contributed by atoms with Gasteiger partial charge in [0.1, 0.15) is 5.75 Å². The van der Waals surface area contributed by atoms with Gasteiger partial charge in [0.15, 0.2) is 0 Å². The first-order chi connectivity index (χ1) is 8.54. The maximum absolute atomic E-state index is 5.85. The lowest BCUT2D eigenvalue weighted by Gasteiger charge is -2.21. The zero-order valence-electron chi connectivity index (χ0n) is 11.8. The second kappa shape index (κ2) is 7.11. The van der Waals surface area contributed by atoms with E-state index in [4.69, 9.17) is 15.2 Å². The average Bonchev–Trinajstić information content (AvgIpc) is 2.31. The van der Waals surface area contributed by atoms with Crippen molar-refractivity contribution in [3.05, 3.63) is 18.2 Å². The summed E-state index contributed by atoms with van der Waals surface area (Å²) in [5.74, 6) is 0.742. The minimum Gasteiger partial charge on any atom is -0.492 e. The predicted molar refractivity (Wildman–Crippen MR) is 76.4 cm³/mol. The summed E-state index contributed by atoms with van der Waals surface area (Å²) in [4.78, 5) is 2.13. The molecule has 0 bridgehead atoms. The Morgan fingerprint density at radius 3 is 2.67 bits per heavy atom. The molecule has 0 unspecified atom stereocenters. The van der Waals surface area contributed by atoms with E-state index in [1.54, 1.807) is 0 Å².